The van der Waals surface area contributed by atoms with Crippen LogP contribution >= 0.6 is 0 Å². The van der Waals surface area contributed by atoms with Crippen molar-refractivity contribution < 1.29 is 14.3 Å². The third-order valence-corrected chi connectivity index (χ3v) is 3.30. The number of allylic oxidation sites excluding steroid dienone is 1. The van der Waals surface area contributed by atoms with Gasteiger partial charge in [-0.05, 0) is 38.2 Å². The highest BCUT2D eigenvalue weighted by atomic mass is 16.7. The second-order valence-corrected chi connectivity index (χ2v) is 4.70. The van der Waals surface area contributed by atoms with Crippen molar-refractivity contribution in [1.29, 1.82) is 0 Å². The molecule has 16 heavy (non-hydrogen) atoms. The summed E-state index contributed by atoms with van der Waals surface area (Å²) in [4.78, 5) is 11.3. The first-order chi connectivity index (χ1) is 7.75. The largest absolute Gasteiger partial charge is 0.353 e. The van der Waals surface area contributed by atoms with Gasteiger partial charge in [0.15, 0.2) is 12.1 Å². The molecule has 0 amide bonds. The molecule has 2 unspecified atom stereocenters. The Morgan fingerprint density at radius 2 is 2.31 bits per heavy atom. The average Bonchev–Trinajstić information content (AvgIpc) is 2.32. The number of hydrogen-bond donors (Lipinski definition) is 0. The smallest absolute Gasteiger partial charge is 0.158 e. The second-order valence-electron chi connectivity index (χ2n) is 4.70. The summed E-state index contributed by atoms with van der Waals surface area (Å²) in [6, 6.07) is 0. The van der Waals surface area contributed by atoms with Gasteiger partial charge in [-0.1, -0.05) is 6.08 Å². The number of ketones is 1. The molecule has 2 aliphatic rings. The Hall–Kier alpha value is -0.670. The zero-order chi connectivity index (χ0) is 11.4. The standard InChI is InChI=1S/C13H20O3/c1-10-8-11(5-6-12(10)14)9-16-13-4-2-3-7-15-13/h8,11,13H,2-7,9H2,1H3. The van der Waals surface area contributed by atoms with E-state index in [0.29, 0.717) is 18.9 Å². The molecule has 1 fully saturated rings. The lowest BCUT2D eigenvalue weighted by molar-refractivity contribution is -0.167. The van der Waals surface area contributed by atoms with Crippen LogP contribution in [0.5, 0.6) is 0 Å². The Kier molecular flexibility index (Phi) is 4.13. The summed E-state index contributed by atoms with van der Waals surface area (Å²) in [5, 5.41) is 0. The van der Waals surface area contributed by atoms with E-state index in [2.05, 4.69) is 6.08 Å². The minimum atomic E-state index is -0.0138. The van der Waals surface area contributed by atoms with Crippen LogP contribution in [0.25, 0.3) is 0 Å². The van der Waals surface area contributed by atoms with Gasteiger partial charge in [0.1, 0.15) is 0 Å². The minimum Gasteiger partial charge on any atom is -0.353 e. The molecule has 3 nitrogen and oxygen atoms in total. The van der Waals surface area contributed by atoms with Gasteiger partial charge in [0.25, 0.3) is 0 Å². The van der Waals surface area contributed by atoms with Crippen molar-refractivity contribution in [3.63, 3.8) is 0 Å². The highest BCUT2D eigenvalue weighted by Gasteiger charge is 2.20. The maximum Gasteiger partial charge on any atom is 0.158 e. The van der Waals surface area contributed by atoms with Crippen molar-refractivity contribution in [1.82, 2.24) is 0 Å². The number of carbonyl (C=O) groups is 1. The van der Waals surface area contributed by atoms with E-state index in [1.165, 1.54) is 6.42 Å². The van der Waals surface area contributed by atoms with Gasteiger partial charge in [0.2, 0.25) is 0 Å². The van der Waals surface area contributed by atoms with Gasteiger partial charge in [-0.3, -0.25) is 4.79 Å². The van der Waals surface area contributed by atoms with Crippen LogP contribution in [-0.4, -0.2) is 25.3 Å². The lowest BCUT2D eigenvalue weighted by Gasteiger charge is -2.25. The van der Waals surface area contributed by atoms with Crippen LogP contribution in [-0.2, 0) is 14.3 Å². The van der Waals surface area contributed by atoms with Crippen LogP contribution in [0, 0.1) is 5.92 Å². The molecule has 3 heteroatoms. The first-order valence-corrected chi connectivity index (χ1v) is 6.20. The van der Waals surface area contributed by atoms with Gasteiger partial charge in [0, 0.05) is 18.9 Å². The Morgan fingerprint density at radius 1 is 1.44 bits per heavy atom. The zero-order valence-corrected chi connectivity index (χ0v) is 9.91. The Morgan fingerprint density at radius 3 is 3.00 bits per heavy atom. The molecule has 0 aromatic heterocycles. The highest BCUT2D eigenvalue weighted by Crippen LogP contribution is 2.22. The molecular weight excluding hydrogens is 204 g/mol. The summed E-state index contributed by atoms with van der Waals surface area (Å²) in [6.07, 6.45) is 6.98. The predicted octanol–water partition coefficient (Wildman–Crippen LogP) is 2.46. The summed E-state index contributed by atoms with van der Waals surface area (Å²) >= 11 is 0. The SMILES string of the molecule is CC1=CC(COC2CCCCO2)CCC1=O. The van der Waals surface area contributed by atoms with Crippen LogP contribution in [0.4, 0.5) is 0 Å². The highest BCUT2D eigenvalue weighted by molar-refractivity contribution is 5.95. The Labute approximate surface area is 96.8 Å². The van der Waals surface area contributed by atoms with E-state index in [1.54, 1.807) is 0 Å². The minimum absolute atomic E-state index is 0.0138. The lowest BCUT2D eigenvalue weighted by Crippen LogP contribution is -2.26. The fourth-order valence-electron chi connectivity index (χ4n) is 2.25. The van der Waals surface area contributed by atoms with Gasteiger partial charge >= 0.3 is 0 Å². The monoisotopic (exact) mass is 224 g/mol. The average molecular weight is 224 g/mol. The molecule has 0 N–H and O–H groups in total. The molecular formula is C13H20O3. The molecule has 1 saturated heterocycles. The lowest BCUT2D eigenvalue weighted by atomic mass is 9.91. The Balaban J connectivity index is 1.75. The molecule has 1 heterocycles. The molecule has 0 saturated carbocycles. The van der Waals surface area contributed by atoms with Crippen LogP contribution in [0.15, 0.2) is 11.6 Å². The van der Waals surface area contributed by atoms with E-state index in [4.69, 9.17) is 9.47 Å². The molecule has 0 aromatic carbocycles. The predicted molar refractivity (Wildman–Crippen MR) is 61.0 cm³/mol. The van der Waals surface area contributed by atoms with Gasteiger partial charge in [-0.2, -0.15) is 0 Å². The normalized spacial score (nSPS) is 31.3. The van der Waals surface area contributed by atoms with Crippen molar-refractivity contribution in [3.05, 3.63) is 11.6 Å². The van der Waals surface area contributed by atoms with Gasteiger partial charge < -0.3 is 9.47 Å². The maximum absolute atomic E-state index is 11.3. The zero-order valence-electron chi connectivity index (χ0n) is 9.91. The maximum atomic E-state index is 11.3. The van der Waals surface area contributed by atoms with E-state index in [0.717, 1.165) is 31.4 Å². The summed E-state index contributed by atoms with van der Waals surface area (Å²) in [6.45, 7) is 3.41. The van der Waals surface area contributed by atoms with Crippen molar-refractivity contribution in [2.24, 2.45) is 5.92 Å². The molecule has 0 bridgehead atoms. The van der Waals surface area contributed by atoms with Crippen molar-refractivity contribution in [2.75, 3.05) is 13.2 Å². The number of hydrogen-bond acceptors (Lipinski definition) is 3. The fraction of sp³-hybridized carbons (Fsp3) is 0.769. The van der Waals surface area contributed by atoms with E-state index in [1.807, 2.05) is 6.92 Å². The van der Waals surface area contributed by atoms with Crippen LogP contribution in [0.2, 0.25) is 0 Å². The quantitative estimate of drug-likeness (QED) is 0.738. The van der Waals surface area contributed by atoms with Crippen LogP contribution in [0.1, 0.15) is 39.0 Å². The number of ether oxygens (including phenoxy) is 2. The first kappa shape index (κ1) is 11.8. The second kappa shape index (κ2) is 5.60. The molecule has 90 valence electrons. The summed E-state index contributed by atoms with van der Waals surface area (Å²) < 4.78 is 11.2. The van der Waals surface area contributed by atoms with Crippen molar-refractivity contribution >= 4 is 5.78 Å². The molecule has 2 atom stereocenters. The van der Waals surface area contributed by atoms with Crippen molar-refractivity contribution in [2.45, 2.75) is 45.3 Å². The summed E-state index contributed by atoms with van der Waals surface area (Å²) in [7, 11) is 0. The first-order valence-electron chi connectivity index (χ1n) is 6.20. The van der Waals surface area contributed by atoms with Crippen LogP contribution < -0.4 is 0 Å². The van der Waals surface area contributed by atoms with Crippen LogP contribution in [0.3, 0.4) is 0 Å². The summed E-state index contributed by atoms with van der Waals surface area (Å²) in [5.41, 5.74) is 0.893. The van der Waals surface area contributed by atoms with E-state index in [-0.39, 0.29) is 12.1 Å². The molecule has 0 spiro atoms. The molecule has 2 rings (SSSR count). The topological polar surface area (TPSA) is 35.5 Å². The number of carbonyl (C=O) groups excluding carboxylic acids is 1. The van der Waals surface area contributed by atoms with E-state index in [9.17, 15) is 4.79 Å². The van der Waals surface area contributed by atoms with E-state index < -0.39 is 0 Å². The number of Topliss-reactive ketones (excluding diaryl/α,β-unsaturated/α-hetero) is 1. The number of rotatable bonds is 3. The van der Waals surface area contributed by atoms with Gasteiger partial charge in [-0.15, -0.1) is 0 Å². The fourth-order valence-corrected chi connectivity index (χ4v) is 2.25. The van der Waals surface area contributed by atoms with Gasteiger partial charge in [-0.25, -0.2) is 0 Å². The Bertz CT molecular complexity index is 277. The van der Waals surface area contributed by atoms with E-state index >= 15 is 0 Å². The molecule has 1 aliphatic carbocycles. The molecule has 0 radical (unpaired) electrons. The van der Waals surface area contributed by atoms with Gasteiger partial charge in [0.05, 0.1) is 6.61 Å². The summed E-state index contributed by atoms with van der Waals surface area (Å²) in [5.74, 6) is 0.674. The molecule has 0 aromatic rings. The molecule has 1 aliphatic heterocycles. The third-order valence-electron chi connectivity index (χ3n) is 3.30. The third kappa shape index (κ3) is 3.16. The van der Waals surface area contributed by atoms with Crippen molar-refractivity contribution in [3.8, 4) is 0 Å².